The SMILES string of the molecule is CCN(C(=O)CNc1ccc(Br)c(C)c1)c1cccc(C)c1. The zero-order valence-electron chi connectivity index (χ0n) is 13.2. The van der Waals surface area contributed by atoms with Crippen LogP contribution in [-0.4, -0.2) is 19.0 Å². The second-order valence-corrected chi connectivity index (χ2v) is 6.15. The van der Waals surface area contributed by atoms with Gasteiger partial charge in [0.15, 0.2) is 0 Å². The van der Waals surface area contributed by atoms with E-state index in [2.05, 4.69) is 21.2 Å². The van der Waals surface area contributed by atoms with Crippen molar-refractivity contribution < 1.29 is 4.79 Å². The summed E-state index contributed by atoms with van der Waals surface area (Å²) in [6, 6.07) is 14.0. The zero-order valence-corrected chi connectivity index (χ0v) is 14.8. The normalized spacial score (nSPS) is 10.4. The average molecular weight is 361 g/mol. The Morgan fingerprint density at radius 3 is 2.59 bits per heavy atom. The molecule has 1 N–H and O–H groups in total. The Kier molecular flexibility index (Phi) is 5.61. The quantitative estimate of drug-likeness (QED) is 0.849. The summed E-state index contributed by atoms with van der Waals surface area (Å²) in [5.41, 5.74) is 4.19. The van der Waals surface area contributed by atoms with Crippen LogP contribution in [0.2, 0.25) is 0 Å². The van der Waals surface area contributed by atoms with Crippen molar-refractivity contribution in [1.29, 1.82) is 0 Å². The molecule has 0 unspecified atom stereocenters. The molecule has 0 aliphatic heterocycles. The molecule has 0 radical (unpaired) electrons. The minimum absolute atomic E-state index is 0.0636. The van der Waals surface area contributed by atoms with Crippen LogP contribution in [0.15, 0.2) is 46.9 Å². The first kappa shape index (κ1) is 16.6. The summed E-state index contributed by atoms with van der Waals surface area (Å²) in [5, 5.41) is 3.20. The van der Waals surface area contributed by atoms with E-state index in [0.29, 0.717) is 6.54 Å². The Hall–Kier alpha value is -1.81. The minimum atomic E-state index is 0.0636. The van der Waals surface area contributed by atoms with E-state index in [-0.39, 0.29) is 12.5 Å². The lowest BCUT2D eigenvalue weighted by Crippen LogP contribution is -2.35. The van der Waals surface area contributed by atoms with Crippen LogP contribution in [0.3, 0.4) is 0 Å². The second kappa shape index (κ2) is 7.45. The molecule has 22 heavy (non-hydrogen) atoms. The Morgan fingerprint density at radius 1 is 1.18 bits per heavy atom. The van der Waals surface area contributed by atoms with Crippen molar-refractivity contribution in [2.24, 2.45) is 0 Å². The van der Waals surface area contributed by atoms with E-state index in [9.17, 15) is 4.79 Å². The summed E-state index contributed by atoms with van der Waals surface area (Å²) < 4.78 is 1.07. The lowest BCUT2D eigenvalue weighted by molar-refractivity contribution is -0.116. The first-order valence-electron chi connectivity index (χ1n) is 7.38. The van der Waals surface area contributed by atoms with Gasteiger partial charge in [0.2, 0.25) is 5.91 Å². The maximum absolute atomic E-state index is 12.5. The zero-order chi connectivity index (χ0) is 16.1. The summed E-state index contributed by atoms with van der Waals surface area (Å²) in [6.45, 7) is 6.99. The van der Waals surface area contributed by atoms with Crippen LogP contribution in [0, 0.1) is 13.8 Å². The van der Waals surface area contributed by atoms with Crippen LogP contribution >= 0.6 is 15.9 Å². The van der Waals surface area contributed by atoms with Gasteiger partial charge in [-0.3, -0.25) is 4.79 Å². The highest BCUT2D eigenvalue weighted by atomic mass is 79.9. The molecule has 0 aliphatic rings. The van der Waals surface area contributed by atoms with Crippen LogP contribution < -0.4 is 10.2 Å². The number of carbonyl (C=O) groups excluding carboxylic acids is 1. The van der Waals surface area contributed by atoms with Gasteiger partial charge in [0.05, 0.1) is 6.54 Å². The summed E-state index contributed by atoms with van der Waals surface area (Å²) in [7, 11) is 0. The molecule has 2 rings (SSSR count). The first-order chi connectivity index (χ1) is 10.5. The number of amides is 1. The number of carbonyl (C=O) groups is 1. The van der Waals surface area contributed by atoms with Gasteiger partial charge in [0.25, 0.3) is 0 Å². The van der Waals surface area contributed by atoms with Gasteiger partial charge in [-0.25, -0.2) is 0 Å². The summed E-state index contributed by atoms with van der Waals surface area (Å²) in [6.07, 6.45) is 0. The summed E-state index contributed by atoms with van der Waals surface area (Å²) >= 11 is 3.48. The first-order valence-corrected chi connectivity index (χ1v) is 8.17. The smallest absolute Gasteiger partial charge is 0.246 e. The van der Waals surface area contributed by atoms with Gasteiger partial charge in [-0.1, -0.05) is 28.1 Å². The molecule has 0 aromatic heterocycles. The van der Waals surface area contributed by atoms with Crippen LogP contribution in [0.4, 0.5) is 11.4 Å². The van der Waals surface area contributed by atoms with E-state index in [1.807, 2.05) is 63.2 Å². The van der Waals surface area contributed by atoms with Crippen molar-refractivity contribution in [2.45, 2.75) is 20.8 Å². The number of rotatable bonds is 5. The maximum Gasteiger partial charge on any atom is 0.246 e. The van der Waals surface area contributed by atoms with E-state index in [4.69, 9.17) is 0 Å². The van der Waals surface area contributed by atoms with Gasteiger partial charge in [-0.2, -0.15) is 0 Å². The van der Waals surface area contributed by atoms with Gasteiger partial charge in [0, 0.05) is 22.4 Å². The van der Waals surface area contributed by atoms with E-state index >= 15 is 0 Å². The Balaban J connectivity index is 2.05. The van der Waals surface area contributed by atoms with Crippen LogP contribution in [0.5, 0.6) is 0 Å². The topological polar surface area (TPSA) is 32.3 Å². The predicted molar refractivity (Wildman–Crippen MR) is 96.6 cm³/mol. The van der Waals surface area contributed by atoms with Gasteiger partial charge in [-0.05, 0) is 62.2 Å². The minimum Gasteiger partial charge on any atom is -0.376 e. The van der Waals surface area contributed by atoms with Crippen LogP contribution in [0.25, 0.3) is 0 Å². The molecule has 0 bridgehead atoms. The van der Waals surface area contributed by atoms with Crippen molar-refractivity contribution in [3.63, 3.8) is 0 Å². The number of halogens is 1. The standard InChI is InChI=1S/C18H21BrN2O/c1-4-21(16-7-5-6-13(2)10-16)18(22)12-20-15-8-9-17(19)14(3)11-15/h5-11,20H,4,12H2,1-3H3. The molecule has 116 valence electrons. The molecule has 0 atom stereocenters. The second-order valence-electron chi connectivity index (χ2n) is 5.29. The van der Waals surface area contributed by atoms with Gasteiger partial charge in [-0.15, -0.1) is 0 Å². The largest absolute Gasteiger partial charge is 0.376 e. The molecule has 3 nitrogen and oxygen atoms in total. The number of aryl methyl sites for hydroxylation is 2. The van der Waals surface area contributed by atoms with E-state index in [1.54, 1.807) is 4.90 Å². The van der Waals surface area contributed by atoms with Crippen molar-refractivity contribution in [1.82, 2.24) is 0 Å². The predicted octanol–water partition coefficient (Wildman–Crippen LogP) is 4.53. The maximum atomic E-state index is 12.5. The van der Waals surface area contributed by atoms with Crippen molar-refractivity contribution in [2.75, 3.05) is 23.3 Å². The molecule has 1 amide bonds. The molecule has 2 aromatic carbocycles. The lowest BCUT2D eigenvalue weighted by Gasteiger charge is -2.22. The highest BCUT2D eigenvalue weighted by Crippen LogP contribution is 2.20. The Bertz CT molecular complexity index is 670. The van der Waals surface area contributed by atoms with E-state index in [0.717, 1.165) is 27.0 Å². The fraction of sp³-hybridized carbons (Fsp3) is 0.278. The molecule has 0 heterocycles. The molecule has 0 saturated carbocycles. The van der Waals surface area contributed by atoms with Gasteiger partial charge in [0.1, 0.15) is 0 Å². The molecule has 2 aromatic rings. The molecular formula is C18H21BrN2O. The number of nitrogens with one attached hydrogen (secondary N) is 1. The molecule has 0 saturated heterocycles. The summed E-state index contributed by atoms with van der Waals surface area (Å²) in [4.78, 5) is 14.3. The number of nitrogens with zero attached hydrogens (tertiary/aromatic N) is 1. The highest BCUT2D eigenvalue weighted by Gasteiger charge is 2.13. The fourth-order valence-corrected chi connectivity index (χ4v) is 2.57. The number of hydrogen-bond acceptors (Lipinski definition) is 2. The van der Waals surface area contributed by atoms with Crippen molar-refractivity contribution in [3.05, 3.63) is 58.1 Å². The molecular weight excluding hydrogens is 340 g/mol. The number of benzene rings is 2. The van der Waals surface area contributed by atoms with Gasteiger partial charge >= 0.3 is 0 Å². The van der Waals surface area contributed by atoms with Crippen molar-refractivity contribution in [3.8, 4) is 0 Å². The summed E-state index contributed by atoms with van der Waals surface area (Å²) in [5.74, 6) is 0.0636. The average Bonchev–Trinajstić information content (AvgIpc) is 2.49. The van der Waals surface area contributed by atoms with Crippen molar-refractivity contribution >= 4 is 33.2 Å². The number of hydrogen-bond donors (Lipinski definition) is 1. The third kappa shape index (κ3) is 4.10. The molecule has 0 fully saturated rings. The Morgan fingerprint density at radius 2 is 1.95 bits per heavy atom. The monoisotopic (exact) mass is 360 g/mol. The lowest BCUT2D eigenvalue weighted by atomic mass is 10.2. The third-order valence-electron chi connectivity index (χ3n) is 3.53. The number of anilines is 2. The molecule has 0 spiro atoms. The third-order valence-corrected chi connectivity index (χ3v) is 4.42. The molecule has 4 heteroatoms. The van der Waals surface area contributed by atoms with Crippen LogP contribution in [-0.2, 0) is 4.79 Å². The fourth-order valence-electron chi connectivity index (χ4n) is 2.33. The molecule has 0 aliphatic carbocycles. The van der Waals surface area contributed by atoms with E-state index in [1.165, 1.54) is 0 Å². The Labute approximate surface area is 140 Å². The van der Waals surface area contributed by atoms with Crippen LogP contribution in [0.1, 0.15) is 18.1 Å². The highest BCUT2D eigenvalue weighted by molar-refractivity contribution is 9.10. The van der Waals surface area contributed by atoms with E-state index < -0.39 is 0 Å². The van der Waals surface area contributed by atoms with Gasteiger partial charge < -0.3 is 10.2 Å². The number of likely N-dealkylation sites (N-methyl/N-ethyl adjacent to an activating group) is 1.